The summed E-state index contributed by atoms with van der Waals surface area (Å²) < 4.78 is 5.15. The number of piperazine rings is 1. The number of nitrogens with one attached hydrogen (secondary N) is 2. The van der Waals surface area contributed by atoms with E-state index in [2.05, 4.69) is 5.32 Å². The molecule has 8 heteroatoms. The maximum atomic E-state index is 12.2. The van der Waals surface area contributed by atoms with E-state index in [0.29, 0.717) is 42.0 Å². The fourth-order valence-electron chi connectivity index (χ4n) is 2.91. The van der Waals surface area contributed by atoms with Crippen molar-refractivity contribution in [3.05, 3.63) is 58.0 Å². The molecule has 1 fully saturated rings. The molecule has 0 atom stereocenters. The average molecular weight is 397 g/mol. The number of benzene rings is 1. The SMILES string of the molecule is O=C(C[NH+]1CCN(C(=O)c2ccco2)CC1)NCc1ccc(Cl)cc1Cl. The number of rotatable bonds is 5. The molecule has 26 heavy (non-hydrogen) atoms. The predicted molar refractivity (Wildman–Crippen MR) is 98.5 cm³/mol. The number of carbonyl (C=O) groups excluding carboxylic acids is 2. The van der Waals surface area contributed by atoms with E-state index >= 15 is 0 Å². The molecule has 1 saturated heterocycles. The first-order valence-corrected chi connectivity index (χ1v) is 9.15. The smallest absolute Gasteiger partial charge is 0.289 e. The molecule has 3 rings (SSSR count). The van der Waals surface area contributed by atoms with Crippen molar-refractivity contribution in [2.24, 2.45) is 0 Å². The molecule has 1 aliphatic rings. The first-order valence-electron chi connectivity index (χ1n) is 8.40. The summed E-state index contributed by atoms with van der Waals surface area (Å²) in [5.74, 6) is 0.207. The van der Waals surface area contributed by atoms with Gasteiger partial charge >= 0.3 is 0 Å². The molecule has 0 bridgehead atoms. The van der Waals surface area contributed by atoms with E-state index in [-0.39, 0.29) is 11.8 Å². The monoisotopic (exact) mass is 396 g/mol. The Hall–Kier alpha value is -2.02. The molecule has 0 saturated carbocycles. The molecule has 0 radical (unpaired) electrons. The molecule has 2 heterocycles. The van der Waals surface area contributed by atoms with Gasteiger partial charge in [0, 0.05) is 16.6 Å². The van der Waals surface area contributed by atoms with Crippen molar-refractivity contribution in [2.45, 2.75) is 6.54 Å². The molecule has 2 N–H and O–H groups in total. The Labute approximate surface area is 161 Å². The largest absolute Gasteiger partial charge is 0.459 e. The van der Waals surface area contributed by atoms with Crippen LogP contribution in [-0.4, -0.2) is 49.4 Å². The first-order chi connectivity index (χ1) is 12.5. The fraction of sp³-hybridized carbons (Fsp3) is 0.333. The van der Waals surface area contributed by atoms with Crippen molar-refractivity contribution in [3.8, 4) is 0 Å². The van der Waals surface area contributed by atoms with Crippen LogP contribution in [0.3, 0.4) is 0 Å². The lowest BCUT2D eigenvalue weighted by atomic mass is 10.2. The van der Waals surface area contributed by atoms with E-state index in [4.69, 9.17) is 27.6 Å². The van der Waals surface area contributed by atoms with Crippen molar-refractivity contribution in [1.29, 1.82) is 0 Å². The number of hydrogen-bond donors (Lipinski definition) is 2. The van der Waals surface area contributed by atoms with Crippen LogP contribution in [0.2, 0.25) is 10.0 Å². The highest BCUT2D eigenvalue weighted by Crippen LogP contribution is 2.20. The van der Waals surface area contributed by atoms with Gasteiger partial charge in [-0.3, -0.25) is 9.59 Å². The number of carbonyl (C=O) groups is 2. The summed E-state index contributed by atoms with van der Waals surface area (Å²) in [5, 5.41) is 3.98. The van der Waals surface area contributed by atoms with Crippen LogP contribution in [0.15, 0.2) is 41.0 Å². The molecule has 0 spiro atoms. The zero-order valence-electron chi connectivity index (χ0n) is 14.1. The van der Waals surface area contributed by atoms with Gasteiger partial charge in [0.25, 0.3) is 11.8 Å². The summed E-state index contributed by atoms with van der Waals surface area (Å²) in [4.78, 5) is 27.3. The molecule has 1 aromatic carbocycles. The lowest BCUT2D eigenvalue weighted by molar-refractivity contribution is -0.896. The first kappa shape index (κ1) is 18.8. The van der Waals surface area contributed by atoms with Gasteiger partial charge in [-0.15, -0.1) is 0 Å². The van der Waals surface area contributed by atoms with E-state index in [1.807, 2.05) is 0 Å². The van der Waals surface area contributed by atoms with Gasteiger partial charge < -0.3 is 19.5 Å². The van der Waals surface area contributed by atoms with Crippen molar-refractivity contribution in [2.75, 3.05) is 32.7 Å². The number of furan rings is 1. The molecule has 1 aliphatic heterocycles. The van der Waals surface area contributed by atoms with Crippen molar-refractivity contribution in [1.82, 2.24) is 10.2 Å². The third kappa shape index (κ3) is 4.78. The second kappa shape index (κ2) is 8.58. The predicted octanol–water partition coefficient (Wildman–Crippen LogP) is 1.24. The minimum absolute atomic E-state index is 0.0446. The van der Waals surface area contributed by atoms with Gasteiger partial charge in [0.05, 0.1) is 32.4 Å². The second-order valence-electron chi connectivity index (χ2n) is 6.21. The van der Waals surface area contributed by atoms with Gasteiger partial charge in [-0.1, -0.05) is 29.3 Å². The van der Waals surface area contributed by atoms with Gasteiger partial charge in [-0.2, -0.15) is 0 Å². The van der Waals surface area contributed by atoms with Crippen LogP contribution in [0.5, 0.6) is 0 Å². The van der Waals surface area contributed by atoms with Crippen molar-refractivity contribution < 1.29 is 18.9 Å². The highest BCUT2D eigenvalue weighted by atomic mass is 35.5. The van der Waals surface area contributed by atoms with Crippen LogP contribution in [0.1, 0.15) is 16.1 Å². The average Bonchev–Trinajstić information content (AvgIpc) is 3.16. The van der Waals surface area contributed by atoms with Crippen molar-refractivity contribution in [3.63, 3.8) is 0 Å². The Morgan fingerprint density at radius 2 is 1.96 bits per heavy atom. The standard InChI is InChI=1S/C18H19Cl2N3O3/c19-14-4-3-13(15(20)10-14)11-21-17(24)12-22-5-7-23(8-6-22)18(25)16-2-1-9-26-16/h1-4,9-10H,5-8,11-12H2,(H,21,24)/p+1. The fourth-order valence-corrected chi connectivity index (χ4v) is 3.38. The lowest BCUT2D eigenvalue weighted by Gasteiger charge is -2.31. The molecule has 0 unspecified atom stereocenters. The Kier molecular flexibility index (Phi) is 6.19. The molecule has 1 aromatic heterocycles. The molecule has 2 amide bonds. The zero-order valence-corrected chi connectivity index (χ0v) is 15.6. The van der Waals surface area contributed by atoms with Crippen LogP contribution in [0.25, 0.3) is 0 Å². The topological polar surface area (TPSA) is 67.0 Å². The van der Waals surface area contributed by atoms with E-state index < -0.39 is 0 Å². The minimum Gasteiger partial charge on any atom is -0.459 e. The summed E-state index contributed by atoms with van der Waals surface area (Å²) in [7, 11) is 0. The number of amides is 2. The molecule has 6 nitrogen and oxygen atoms in total. The highest BCUT2D eigenvalue weighted by Gasteiger charge is 2.26. The van der Waals surface area contributed by atoms with E-state index in [1.54, 1.807) is 35.2 Å². The Bertz CT molecular complexity index is 772. The van der Waals surface area contributed by atoms with Gasteiger partial charge in [-0.25, -0.2) is 0 Å². The lowest BCUT2D eigenvalue weighted by Crippen LogP contribution is -3.15. The van der Waals surface area contributed by atoms with Crippen LogP contribution < -0.4 is 10.2 Å². The summed E-state index contributed by atoms with van der Waals surface area (Å²) in [6, 6.07) is 8.57. The molecule has 138 valence electrons. The number of hydrogen-bond acceptors (Lipinski definition) is 3. The van der Waals surface area contributed by atoms with Crippen LogP contribution >= 0.6 is 23.2 Å². The third-order valence-electron chi connectivity index (χ3n) is 4.39. The Morgan fingerprint density at radius 3 is 2.62 bits per heavy atom. The van der Waals surface area contributed by atoms with Crippen LogP contribution in [0, 0.1) is 0 Å². The van der Waals surface area contributed by atoms with Gasteiger partial charge in [0.15, 0.2) is 12.3 Å². The second-order valence-corrected chi connectivity index (χ2v) is 7.05. The van der Waals surface area contributed by atoms with Gasteiger partial charge in [-0.05, 0) is 29.8 Å². The quantitative estimate of drug-likeness (QED) is 0.798. The van der Waals surface area contributed by atoms with Gasteiger partial charge in [0.2, 0.25) is 0 Å². The summed E-state index contributed by atoms with van der Waals surface area (Å²) >= 11 is 12.0. The Morgan fingerprint density at radius 1 is 1.19 bits per heavy atom. The maximum Gasteiger partial charge on any atom is 0.289 e. The molecular formula is C18H20Cl2N3O3+. The minimum atomic E-state index is -0.101. The maximum absolute atomic E-state index is 12.2. The summed E-state index contributed by atoms with van der Waals surface area (Å²) in [5.41, 5.74) is 0.827. The summed E-state index contributed by atoms with van der Waals surface area (Å²) in [6.45, 7) is 3.39. The number of nitrogens with zero attached hydrogens (tertiary/aromatic N) is 1. The Balaban J connectivity index is 1.42. The summed E-state index contributed by atoms with van der Waals surface area (Å²) in [6.07, 6.45) is 1.49. The van der Waals surface area contributed by atoms with E-state index in [9.17, 15) is 9.59 Å². The zero-order chi connectivity index (χ0) is 18.5. The number of quaternary nitrogens is 1. The number of halogens is 2. The van der Waals surface area contributed by atoms with Crippen LogP contribution in [0.4, 0.5) is 0 Å². The highest BCUT2D eigenvalue weighted by molar-refractivity contribution is 6.35. The normalized spacial score (nSPS) is 15.1. The van der Waals surface area contributed by atoms with Crippen LogP contribution in [-0.2, 0) is 11.3 Å². The van der Waals surface area contributed by atoms with Crippen molar-refractivity contribution >= 4 is 35.0 Å². The van der Waals surface area contributed by atoms with E-state index in [1.165, 1.54) is 6.26 Å². The van der Waals surface area contributed by atoms with Gasteiger partial charge in [0.1, 0.15) is 0 Å². The molecule has 2 aromatic rings. The third-order valence-corrected chi connectivity index (χ3v) is 4.98. The van der Waals surface area contributed by atoms with E-state index in [0.717, 1.165) is 23.6 Å². The molecular weight excluding hydrogens is 377 g/mol. The molecule has 0 aliphatic carbocycles.